The predicted molar refractivity (Wildman–Crippen MR) is 70.8 cm³/mol. The first-order valence-corrected chi connectivity index (χ1v) is 5.89. The highest BCUT2D eigenvalue weighted by atomic mass is 16.5. The lowest BCUT2D eigenvalue weighted by molar-refractivity contribution is 0.0989. The monoisotopic (exact) mass is 244 g/mol. The topological polar surface area (TPSA) is 51.2 Å². The van der Waals surface area contributed by atoms with Crippen LogP contribution in [-0.4, -0.2) is 37.6 Å². The number of pyridine rings is 1. The van der Waals surface area contributed by atoms with E-state index in [-0.39, 0.29) is 5.78 Å². The number of benzene rings is 1. The van der Waals surface area contributed by atoms with Gasteiger partial charge in [0.2, 0.25) is 0 Å². The Balaban J connectivity index is 2.13. The minimum absolute atomic E-state index is 0.0513. The van der Waals surface area contributed by atoms with Gasteiger partial charge < -0.3 is 10.1 Å². The van der Waals surface area contributed by atoms with E-state index in [2.05, 4.69) is 10.3 Å². The van der Waals surface area contributed by atoms with E-state index < -0.39 is 0 Å². The summed E-state index contributed by atoms with van der Waals surface area (Å²) in [7, 11) is 1.64. The molecule has 0 aliphatic carbocycles. The Morgan fingerprint density at radius 1 is 1.33 bits per heavy atom. The number of hydrogen-bond donors (Lipinski definition) is 1. The summed E-state index contributed by atoms with van der Waals surface area (Å²) in [6, 6.07) is 9.48. The highest BCUT2D eigenvalue weighted by Crippen LogP contribution is 2.15. The molecule has 0 radical (unpaired) electrons. The van der Waals surface area contributed by atoms with Gasteiger partial charge >= 0.3 is 0 Å². The lowest BCUT2D eigenvalue weighted by atomic mass is 10.1. The van der Waals surface area contributed by atoms with E-state index in [1.54, 1.807) is 13.3 Å². The summed E-state index contributed by atoms with van der Waals surface area (Å²) in [6.07, 6.45) is 1.71. The number of nitrogens with one attached hydrogen (secondary N) is 1. The molecule has 0 aliphatic heterocycles. The van der Waals surface area contributed by atoms with Crippen molar-refractivity contribution in [1.29, 1.82) is 0 Å². The van der Waals surface area contributed by atoms with Crippen LogP contribution < -0.4 is 5.32 Å². The number of carbonyl (C=O) groups is 1. The minimum atomic E-state index is 0.0513. The third-order valence-corrected chi connectivity index (χ3v) is 2.70. The molecular weight excluding hydrogens is 228 g/mol. The number of aromatic nitrogens is 1. The van der Waals surface area contributed by atoms with E-state index in [4.69, 9.17) is 4.74 Å². The number of methoxy groups -OCH3 is 1. The van der Waals surface area contributed by atoms with Crippen LogP contribution in [-0.2, 0) is 4.74 Å². The molecule has 1 N–H and O–H groups in total. The zero-order valence-corrected chi connectivity index (χ0v) is 10.3. The summed E-state index contributed by atoms with van der Waals surface area (Å²) in [4.78, 5) is 16.4. The maximum Gasteiger partial charge on any atom is 0.178 e. The normalized spacial score (nSPS) is 10.7. The van der Waals surface area contributed by atoms with Gasteiger partial charge in [0.15, 0.2) is 5.78 Å². The van der Waals surface area contributed by atoms with E-state index in [0.717, 1.165) is 10.9 Å². The van der Waals surface area contributed by atoms with Crippen molar-refractivity contribution < 1.29 is 9.53 Å². The van der Waals surface area contributed by atoms with Gasteiger partial charge in [0, 0.05) is 30.8 Å². The second kappa shape index (κ2) is 6.23. The second-order valence-electron chi connectivity index (χ2n) is 3.97. The van der Waals surface area contributed by atoms with Crippen LogP contribution in [0.1, 0.15) is 10.4 Å². The first kappa shape index (κ1) is 12.7. The first-order valence-electron chi connectivity index (χ1n) is 5.89. The molecule has 1 aromatic carbocycles. The van der Waals surface area contributed by atoms with E-state index in [1.165, 1.54) is 0 Å². The van der Waals surface area contributed by atoms with Gasteiger partial charge in [0.1, 0.15) is 0 Å². The number of ether oxygens (including phenoxy) is 1. The van der Waals surface area contributed by atoms with Crippen molar-refractivity contribution >= 4 is 16.7 Å². The van der Waals surface area contributed by atoms with Crippen molar-refractivity contribution in [3.8, 4) is 0 Å². The fourth-order valence-corrected chi connectivity index (χ4v) is 1.80. The van der Waals surface area contributed by atoms with Gasteiger partial charge in [-0.25, -0.2) is 0 Å². The highest BCUT2D eigenvalue weighted by Gasteiger charge is 2.09. The Morgan fingerprint density at radius 2 is 2.17 bits per heavy atom. The molecule has 0 amide bonds. The smallest absolute Gasteiger partial charge is 0.178 e. The molecule has 4 heteroatoms. The zero-order chi connectivity index (χ0) is 12.8. The zero-order valence-electron chi connectivity index (χ0n) is 10.3. The Morgan fingerprint density at radius 3 is 3.00 bits per heavy atom. The van der Waals surface area contributed by atoms with E-state index >= 15 is 0 Å². The lowest BCUT2D eigenvalue weighted by Gasteiger charge is -2.06. The maximum absolute atomic E-state index is 12.1. The van der Waals surface area contributed by atoms with Gasteiger partial charge in [-0.15, -0.1) is 0 Å². The van der Waals surface area contributed by atoms with Gasteiger partial charge in [0.05, 0.1) is 18.7 Å². The van der Waals surface area contributed by atoms with Gasteiger partial charge in [-0.1, -0.05) is 18.2 Å². The standard InChI is InChI=1S/C14H16N2O2/c1-18-9-8-15-10-13(17)12-6-2-4-11-5-3-7-16-14(11)12/h2-7,15H,8-10H2,1H3. The Labute approximate surface area is 106 Å². The summed E-state index contributed by atoms with van der Waals surface area (Å²) >= 11 is 0. The average Bonchev–Trinajstić information content (AvgIpc) is 2.43. The number of carbonyl (C=O) groups excluding carboxylic acids is 1. The fraction of sp³-hybridized carbons (Fsp3) is 0.286. The fourth-order valence-electron chi connectivity index (χ4n) is 1.80. The van der Waals surface area contributed by atoms with Crippen molar-refractivity contribution in [3.05, 3.63) is 42.1 Å². The molecule has 0 saturated carbocycles. The SMILES string of the molecule is COCCNCC(=O)c1cccc2cccnc12. The van der Waals surface area contributed by atoms with E-state index in [1.807, 2.05) is 30.3 Å². The molecule has 0 fully saturated rings. The highest BCUT2D eigenvalue weighted by molar-refractivity contribution is 6.07. The molecule has 4 nitrogen and oxygen atoms in total. The molecule has 0 spiro atoms. The number of fused-ring (bicyclic) bond motifs is 1. The van der Waals surface area contributed by atoms with Gasteiger partial charge in [-0.2, -0.15) is 0 Å². The summed E-state index contributed by atoms with van der Waals surface area (Å²) in [5, 5.41) is 4.03. The maximum atomic E-state index is 12.1. The Bertz CT molecular complexity index is 535. The predicted octanol–water partition coefficient (Wildman–Crippen LogP) is 1.65. The summed E-state index contributed by atoms with van der Waals surface area (Å²) in [5.41, 5.74) is 1.43. The summed E-state index contributed by atoms with van der Waals surface area (Å²) in [6.45, 7) is 1.57. The van der Waals surface area contributed by atoms with Crippen molar-refractivity contribution in [3.63, 3.8) is 0 Å². The van der Waals surface area contributed by atoms with Gasteiger partial charge in [-0.3, -0.25) is 9.78 Å². The molecule has 94 valence electrons. The average molecular weight is 244 g/mol. The van der Waals surface area contributed by atoms with Crippen molar-refractivity contribution in [2.75, 3.05) is 26.8 Å². The van der Waals surface area contributed by atoms with E-state index in [9.17, 15) is 4.79 Å². The molecule has 0 unspecified atom stereocenters. The molecule has 18 heavy (non-hydrogen) atoms. The van der Waals surface area contributed by atoms with Crippen LogP contribution in [0.5, 0.6) is 0 Å². The number of ketones is 1. The van der Waals surface area contributed by atoms with Crippen LogP contribution in [0.4, 0.5) is 0 Å². The molecule has 0 atom stereocenters. The van der Waals surface area contributed by atoms with Crippen LogP contribution in [0.15, 0.2) is 36.5 Å². The molecule has 0 saturated heterocycles. The third-order valence-electron chi connectivity index (χ3n) is 2.70. The second-order valence-corrected chi connectivity index (χ2v) is 3.97. The van der Waals surface area contributed by atoms with Crippen LogP contribution in [0.25, 0.3) is 10.9 Å². The van der Waals surface area contributed by atoms with Gasteiger partial charge in [-0.05, 0) is 12.1 Å². The first-order chi connectivity index (χ1) is 8.83. The van der Waals surface area contributed by atoms with E-state index in [0.29, 0.717) is 25.3 Å². The van der Waals surface area contributed by atoms with Crippen LogP contribution in [0.3, 0.4) is 0 Å². The molecule has 2 aromatic rings. The summed E-state index contributed by atoms with van der Waals surface area (Å²) < 4.78 is 4.91. The quantitative estimate of drug-likeness (QED) is 0.620. The van der Waals surface area contributed by atoms with Crippen LogP contribution in [0, 0.1) is 0 Å². The number of Topliss-reactive ketones (excluding diaryl/α,β-unsaturated/α-hetero) is 1. The van der Waals surface area contributed by atoms with Crippen molar-refractivity contribution in [1.82, 2.24) is 10.3 Å². The third kappa shape index (κ3) is 2.91. The molecule has 2 rings (SSSR count). The van der Waals surface area contributed by atoms with Crippen LogP contribution in [0.2, 0.25) is 0 Å². The van der Waals surface area contributed by atoms with Crippen molar-refractivity contribution in [2.45, 2.75) is 0 Å². The number of rotatable bonds is 6. The largest absolute Gasteiger partial charge is 0.383 e. The number of hydrogen-bond acceptors (Lipinski definition) is 4. The molecule has 0 bridgehead atoms. The number of para-hydroxylation sites is 1. The Kier molecular flexibility index (Phi) is 4.39. The molecule has 0 aliphatic rings. The van der Waals surface area contributed by atoms with Gasteiger partial charge in [0.25, 0.3) is 0 Å². The minimum Gasteiger partial charge on any atom is -0.383 e. The molecular formula is C14H16N2O2. The Hall–Kier alpha value is -1.78. The van der Waals surface area contributed by atoms with Crippen LogP contribution >= 0.6 is 0 Å². The van der Waals surface area contributed by atoms with Crippen molar-refractivity contribution in [2.24, 2.45) is 0 Å². The lowest BCUT2D eigenvalue weighted by Crippen LogP contribution is -2.26. The molecule has 1 heterocycles. The molecule has 1 aromatic heterocycles. The summed E-state index contributed by atoms with van der Waals surface area (Å²) in [5.74, 6) is 0.0513. The number of nitrogens with zero attached hydrogens (tertiary/aromatic N) is 1.